The van der Waals surface area contributed by atoms with Crippen molar-refractivity contribution < 1.29 is 4.43 Å². The van der Waals surface area contributed by atoms with Crippen LogP contribution in [0.2, 0.25) is 18.1 Å². The molecule has 0 saturated carbocycles. The average Bonchev–Trinajstić information content (AvgIpc) is 2.17. The van der Waals surface area contributed by atoms with Crippen LogP contribution in [0.25, 0.3) is 0 Å². The fourth-order valence-electron chi connectivity index (χ4n) is 0.978. The Morgan fingerprint density at radius 3 is 2.19 bits per heavy atom. The highest BCUT2D eigenvalue weighted by atomic mass is 32.2. The molecular weight excluding hydrogens is 232 g/mol. The van der Waals surface area contributed by atoms with Crippen LogP contribution in [0.5, 0.6) is 0 Å². The van der Waals surface area contributed by atoms with Gasteiger partial charge < -0.3 is 4.43 Å². The van der Waals surface area contributed by atoms with E-state index in [0.29, 0.717) is 5.04 Å². The molecule has 0 aromatic heterocycles. The monoisotopic (exact) mass is 254 g/mol. The van der Waals surface area contributed by atoms with Crippen molar-refractivity contribution in [3.63, 3.8) is 0 Å². The van der Waals surface area contributed by atoms with Crippen molar-refractivity contribution in [3.05, 3.63) is 30.3 Å². The van der Waals surface area contributed by atoms with Crippen LogP contribution in [0.3, 0.4) is 0 Å². The Kier molecular flexibility index (Phi) is 4.65. The van der Waals surface area contributed by atoms with E-state index in [1.165, 1.54) is 4.90 Å². The van der Waals surface area contributed by atoms with Gasteiger partial charge in [-0.25, -0.2) is 0 Å². The van der Waals surface area contributed by atoms with Crippen LogP contribution in [0.4, 0.5) is 0 Å². The minimum atomic E-state index is -1.58. The number of hydrogen-bond donors (Lipinski definition) is 0. The van der Waals surface area contributed by atoms with Gasteiger partial charge in [-0.05, 0) is 30.3 Å². The molecule has 0 spiro atoms. The SMILES string of the molecule is CC(C)(C)[Si](C)(C)OCSc1ccccc1. The molecule has 0 atom stereocenters. The molecule has 0 N–H and O–H groups in total. The minimum absolute atomic E-state index is 0.296. The van der Waals surface area contributed by atoms with Gasteiger partial charge in [0.05, 0.1) is 5.94 Å². The van der Waals surface area contributed by atoms with E-state index in [2.05, 4.69) is 58.1 Å². The van der Waals surface area contributed by atoms with E-state index in [1.54, 1.807) is 11.8 Å². The van der Waals surface area contributed by atoms with Crippen molar-refractivity contribution in [3.8, 4) is 0 Å². The van der Waals surface area contributed by atoms with Crippen LogP contribution in [-0.2, 0) is 4.43 Å². The highest BCUT2D eigenvalue weighted by molar-refractivity contribution is 7.99. The number of benzene rings is 1. The molecule has 0 heterocycles. The zero-order valence-corrected chi connectivity index (χ0v) is 12.7. The average molecular weight is 254 g/mol. The Morgan fingerprint density at radius 1 is 1.12 bits per heavy atom. The molecular formula is C13H22OSSi. The van der Waals surface area contributed by atoms with Gasteiger partial charge >= 0.3 is 0 Å². The van der Waals surface area contributed by atoms with Gasteiger partial charge in [0.25, 0.3) is 0 Å². The summed E-state index contributed by atoms with van der Waals surface area (Å²) < 4.78 is 6.10. The standard InChI is InChI=1S/C13H22OSSi/c1-13(2,3)16(4,5)14-11-15-12-9-7-6-8-10-12/h6-10H,11H2,1-5H3. The molecule has 1 rings (SSSR count). The number of hydrogen-bond acceptors (Lipinski definition) is 2. The summed E-state index contributed by atoms with van der Waals surface area (Å²) in [5.74, 6) is 0.764. The van der Waals surface area contributed by atoms with E-state index in [-0.39, 0.29) is 0 Å². The molecule has 3 heteroatoms. The van der Waals surface area contributed by atoms with Crippen LogP contribution in [-0.4, -0.2) is 14.3 Å². The third-order valence-corrected chi connectivity index (χ3v) is 8.72. The molecule has 0 amide bonds. The van der Waals surface area contributed by atoms with E-state index in [9.17, 15) is 0 Å². The normalized spacial score (nSPS) is 12.8. The summed E-state index contributed by atoms with van der Waals surface area (Å²) in [6.07, 6.45) is 0. The highest BCUT2D eigenvalue weighted by Gasteiger charge is 2.36. The fourth-order valence-corrected chi connectivity index (χ4v) is 3.31. The summed E-state index contributed by atoms with van der Waals surface area (Å²) in [5.41, 5.74) is 0. The first-order valence-corrected chi connectivity index (χ1v) is 9.54. The second kappa shape index (κ2) is 5.39. The Balaban J connectivity index is 2.42. The summed E-state index contributed by atoms with van der Waals surface area (Å²) in [6, 6.07) is 10.4. The van der Waals surface area contributed by atoms with E-state index >= 15 is 0 Å². The molecule has 16 heavy (non-hydrogen) atoms. The Hall–Kier alpha value is -0.253. The summed E-state index contributed by atoms with van der Waals surface area (Å²) >= 11 is 1.78. The Morgan fingerprint density at radius 2 is 1.69 bits per heavy atom. The van der Waals surface area contributed by atoms with Gasteiger partial charge in [0.15, 0.2) is 8.32 Å². The molecule has 0 fully saturated rings. The maximum Gasteiger partial charge on any atom is 0.193 e. The van der Waals surface area contributed by atoms with Gasteiger partial charge in [-0.2, -0.15) is 0 Å². The van der Waals surface area contributed by atoms with Gasteiger partial charge in [0.1, 0.15) is 0 Å². The Labute approximate surface area is 105 Å². The van der Waals surface area contributed by atoms with Crippen molar-refractivity contribution >= 4 is 20.1 Å². The van der Waals surface area contributed by atoms with E-state index in [4.69, 9.17) is 4.43 Å². The number of thioether (sulfide) groups is 1. The zero-order valence-electron chi connectivity index (χ0n) is 10.9. The predicted molar refractivity (Wildman–Crippen MR) is 75.4 cm³/mol. The number of rotatable bonds is 4. The lowest BCUT2D eigenvalue weighted by Crippen LogP contribution is -2.40. The second-order valence-electron chi connectivity index (χ2n) is 5.48. The molecule has 90 valence electrons. The summed E-state index contributed by atoms with van der Waals surface area (Å²) in [6.45, 7) is 11.4. The lowest BCUT2D eigenvalue weighted by Gasteiger charge is -2.35. The molecule has 1 nitrogen and oxygen atoms in total. The molecule has 1 aromatic rings. The lowest BCUT2D eigenvalue weighted by molar-refractivity contribution is 0.354. The first kappa shape index (κ1) is 13.8. The third-order valence-electron chi connectivity index (χ3n) is 3.19. The van der Waals surface area contributed by atoms with Crippen LogP contribution in [0, 0.1) is 0 Å². The van der Waals surface area contributed by atoms with Gasteiger partial charge in [-0.15, -0.1) is 0 Å². The van der Waals surface area contributed by atoms with E-state index in [0.717, 1.165) is 5.94 Å². The largest absolute Gasteiger partial charge is 0.407 e. The Bertz CT molecular complexity index is 316. The first-order valence-electron chi connectivity index (χ1n) is 5.65. The summed E-state index contributed by atoms with van der Waals surface area (Å²) in [7, 11) is -1.58. The van der Waals surface area contributed by atoms with E-state index in [1.807, 2.05) is 6.07 Å². The molecule has 0 radical (unpaired) electrons. The van der Waals surface area contributed by atoms with Gasteiger partial charge in [-0.3, -0.25) is 0 Å². The van der Waals surface area contributed by atoms with Crippen LogP contribution in [0.1, 0.15) is 20.8 Å². The maximum absolute atomic E-state index is 6.10. The minimum Gasteiger partial charge on any atom is -0.407 e. The van der Waals surface area contributed by atoms with Gasteiger partial charge in [0, 0.05) is 4.90 Å². The van der Waals surface area contributed by atoms with Crippen molar-refractivity contribution in [2.45, 2.75) is 43.8 Å². The predicted octanol–water partition coefficient (Wildman–Crippen LogP) is 4.76. The molecule has 0 aliphatic heterocycles. The smallest absolute Gasteiger partial charge is 0.193 e. The maximum atomic E-state index is 6.10. The highest BCUT2D eigenvalue weighted by Crippen LogP contribution is 2.37. The van der Waals surface area contributed by atoms with Gasteiger partial charge in [-0.1, -0.05) is 50.7 Å². The first-order chi connectivity index (χ1) is 7.33. The molecule has 0 bridgehead atoms. The third kappa shape index (κ3) is 3.96. The van der Waals surface area contributed by atoms with Crippen molar-refractivity contribution in [2.75, 3.05) is 5.94 Å². The molecule has 1 aromatic carbocycles. The van der Waals surface area contributed by atoms with E-state index < -0.39 is 8.32 Å². The molecule has 0 aliphatic carbocycles. The molecule has 0 aliphatic rings. The summed E-state index contributed by atoms with van der Waals surface area (Å²) in [5, 5.41) is 0.296. The van der Waals surface area contributed by atoms with Crippen LogP contribution in [0.15, 0.2) is 35.2 Å². The molecule has 0 saturated heterocycles. The quantitative estimate of drug-likeness (QED) is 0.435. The lowest BCUT2D eigenvalue weighted by atomic mass is 10.2. The second-order valence-corrected chi connectivity index (χ2v) is 11.3. The topological polar surface area (TPSA) is 9.23 Å². The van der Waals surface area contributed by atoms with Crippen molar-refractivity contribution in [1.82, 2.24) is 0 Å². The van der Waals surface area contributed by atoms with Crippen molar-refractivity contribution in [2.24, 2.45) is 0 Å². The van der Waals surface area contributed by atoms with Gasteiger partial charge in [0.2, 0.25) is 0 Å². The van der Waals surface area contributed by atoms with Crippen molar-refractivity contribution in [1.29, 1.82) is 0 Å². The zero-order chi connectivity index (χ0) is 12.2. The fraction of sp³-hybridized carbons (Fsp3) is 0.538. The van der Waals surface area contributed by atoms with Crippen LogP contribution >= 0.6 is 11.8 Å². The molecule has 0 unspecified atom stereocenters. The summed E-state index contributed by atoms with van der Waals surface area (Å²) in [4.78, 5) is 1.28. The van der Waals surface area contributed by atoms with Crippen LogP contribution < -0.4 is 0 Å².